The Labute approximate surface area is 173 Å². The van der Waals surface area contributed by atoms with E-state index in [1.54, 1.807) is 0 Å². The fraction of sp³-hybridized carbons (Fsp3) is 0.111. The number of nitrogens with one attached hydrogen (secondary N) is 1. The number of hydrogen-bond donors (Lipinski definition) is 1. The molecule has 0 aliphatic carbocycles. The fourth-order valence-corrected chi connectivity index (χ4v) is 3.51. The van der Waals surface area contributed by atoms with Crippen molar-refractivity contribution in [1.82, 2.24) is 9.71 Å². The molecule has 11 heteroatoms. The first-order chi connectivity index (χ1) is 13.4. The highest BCUT2D eigenvalue weighted by molar-refractivity contribution is 7.89. The Hall–Kier alpha value is -2.36. The van der Waals surface area contributed by atoms with Gasteiger partial charge in [-0.2, -0.15) is 13.2 Å². The Morgan fingerprint density at radius 1 is 1.10 bits per heavy atom. The molecule has 0 atom stereocenters. The summed E-state index contributed by atoms with van der Waals surface area (Å²) in [7, 11) is -3.79. The lowest BCUT2D eigenvalue weighted by atomic mass is 10.00. The maximum atomic E-state index is 12.8. The third kappa shape index (κ3) is 4.63. The van der Waals surface area contributed by atoms with Crippen LogP contribution in [-0.2, 0) is 16.2 Å². The van der Waals surface area contributed by atoms with Crippen molar-refractivity contribution in [3.8, 4) is 11.1 Å². The molecule has 1 amide bonds. The van der Waals surface area contributed by atoms with Crippen LogP contribution in [-0.4, -0.2) is 25.6 Å². The molecule has 0 saturated heterocycles. The van der Waals surface area contributed by atoms with E-state index in [0.717, 1.165) is 24.6 Å². The van der Waals surface area contributed by atoms with Gasteiger partial charge in [0.1, 0.15) is 0 Å². The molecule has 3 aromatic rings. The molecule has 5 nitrogen and oxygen atoms in total. The minimum absolute atomic E-state index is 0.0684. The zero-order chi connectivity index (χ0) is 21.6. The molecule has 0 spiro atoms. The second-order valence-corrected chi connectivity index (χ2v) is 8.65. The first kappa shape index (κ1) is 21.4. The van der Waals surface area contributed by atoms with Crippen LogP contribution in [0.4, 0.5) is 13.2 Å². The largest absolute Gasteiger partial charge is 0.416 e. The van der Waals surface area contributed by atoms with Gasteiger partial charge in [0, 0.05) is 17.1 Å². The highest BCUT2D eigenvalue weighted by Gasteiger charge is 2.30. The number of fused-ring (bicyclic) bond motifs is 1. The molecule has 0 radical (unpaired) electrons. The number of benzene rings is 2. The Morgan fingerprint density at radius 3 is 2.28 bits per heavy atom. The second-order valence-electron chi connectivity index (χ2n) is 6.12. The molecule has 0 fully saturated rings. The number of halogens is 5. The lowest BCUT2D eigenvalue weighted by Crippen LogP contribution is -2.29. The normalized spacial score (nSPS) is 12.2. The zero-order valence-electron chi connectivity index (χ0n) is 14.5. The van der Waals surface area contributed by atoms with Crippen molar-refractivity contribution < 1.29 is 26.4 Å². The molecule has 0 unspecified atom stereocenters. The van der Waals surface area contributed by atoms with E-state index < -0.39 is 27.7 Å². The predicted molar refractivity (Wildman–Crippen MR) is 105 cm³/mol. The molecular formula is C18H11Cl2F3N2O3S. The lowest BCUT2D eigenvalue weighted by Gasteiger charge is -2.12. The molecule has 0 bridgehead atoms. The first-order valence-electron chi connectivity index (χ1n) is 7.84. The van der Waals surface area contributed by atoms with Crippen molar-refractivity contribution in [1.29, 1.82) is 0 Å². The maximum Gasteiger partial charge on any atom is 0.416 e. The van der Waals surface area contributed by atoms with Crippen LogP contribution in [0.25, 0.3) is 22.0 Å². The third-order valence-electron chi connectivity index (χ3n) is 3.92. The van der Waals surface area contributed by atoms with Gasteiger partial charge in [0.05, 0.1) is 32.9 Å². The monoisotopic (exact) mass is 462 g/mol. The summed E-state index contributed by atoms with van der Waals surface area (Å²) in [5, 5.41) is 0.408. The van der Waals surface area contributed by atoms with Crippen molar-refractivity contribution in [3.63, 3.8) is 0 Å². The van der Waals surface area contributed by atoms with Gasteiger partial charge >= 0.3 is 6.18 Å². The Bertz CT molecular complexity index is 1230. The number of aromatic nitrogens is 1. The summed E-state index contributed by atoms with van der Waals surface area (Å²) < 4.78 is 62.7. The van der Waals surface area contributed by atoms with Gasteiger partial charge in [-0.25, -0.2) is 13.1 Å². The molecule has 1 N–H and O–H groups in total. The van der Waals surface area contributed by atoms with Crippen molar-refractivity contribution in [2.75, 3.05) is 6.26 Å². The minimum atomic E-state index is -4.47. The smallest absolute Gasteiger partial charge is 0.268 e. The quantitative estimate of drug-likeness (QED) is 0.599. The van der Waals surface area contributed by atoms with Crippen molar-refractivity contribution in [2.24, 2.45) is 0 Å². The summed E-state index contributed by atoms with van der Waals surface area (Å²) in [6.45, 7) is 0. The van der Waals surface area contributed by atoms with E-state index in [4.69, 9.17) is 23.2 Å². The molecule has 0 aliphatic rings. The van der Waals surface area contributed by atoms with Crippen molar-refractivity contribution in [2.45, 2.75) is 6.18 Å². The molecule has 0 saturated carbocycles. The van der Waals surface area contributed by atoms with Crippen molar-refractivity contribution >= 4 is 50.0 Å². The number of nitrogens with zero attached hydrogens (tertiary/aromatic N) is 1. The summed E-state index contributed by atoms with van der Waals surface area (Å²) in [5.41, 5.74) is 0.208. The number of carbonyl (C=O) groups excluding carboxylic acids is 1. The van der Waals surface area contributed by atoms with Crippen LogP contribution in [0.15, 0.2) is 42.6 Å². The van der Waals surface area contributed by atoms with E-state index in [9.17, 15) is 26.4 Å². The van der Waals surface area contributed by atoms with E-state index in [0.29, 0.717) is 11.1 Å². The molecular weight excluding hydrogens is 452 g/mol. The topological polar surface area (TPSA) is 76.1 Å². The van der Waals surface area contributed by atoms with Gasteiger partial charge in [-0.15, -0.1) is 0 Å². The van der Waals surface area contributed by atoms with Gasteiger partial charge in [-0.1, -0.05) is 35.3 Å². The van der Waals surface area contributed by atoms with E-state index in [1.807, 2.05) is 4.72 Å². The number of rotatable bonds is 3. The van der Waals surface area contributed by atoms with E-state index in [1.165, 1.54) is 24.3 Å². The van der Waals surface area contributed by atoms with Gasteiger partial charge < -0.3 is 0 Å². The summed E-state index contributed by atoms with van der Waals surface area (Å²) in [6, 6.07) is 7.17. The van der Waals surface area contributed by atoms with Crippen LogP contribution in [0.3, 0.4) is 0 Å². The zero-order valence-corrected chi connectivity index (χ0v) is 16.8. The SMILES string of the molecule is CS(=O)(=O)NC(=O)c1cnc2c(-c3ccc(C(F)(F)F)cc3)cc(Cl)c(Cl)c2c1. The lowest BCUT2D eigenvalue weighted by molar-refractivity contribution is -0.137. The predicted octanol–water partition coefficient (Wildman–Crippen LogP) is 4.92. The summed E-state index contributed by atoms with van der Waals surface area (Å²) in [6.07, 6.45) is -2.51. The van der Waals surface area contributed by atoms with Crippen molar-refractivity contribution in [3.05, 3.63) is 63.8 Å². The number of amides is 1. The van der Waals surface area contributed by atoms with Crippen LogP contribution >= 0.6 is 23.2 Å². The van der Waals surface area contributed by atoms with Gasteiger partial charge in [-0.05, 0) is 29.8 Å². The van der Waals surface area contributed by atoms with Gasteiger partial charge in [0.25, 0.3) is 5.91 Å². The van der Waals surface area contributed by atoms with Crippen LogP contribution in [0.1, 0.15) is 15.9 Å². The van der Waals surface area contributed by atoms with Crippen LogP contribution in [0.5, 0.6) is 0 Å². The summed E-state index contributed by atoms with van der Waals surface area (Å²) in [4.78, 5) is 16.2. The number of pyridine rings is 1. The molecule has 1 heterocycles. The van der Waals surface area contributed by atoms with Crippen LogP contribution < -0.4 is 4.72 Å². The number of sulfonamides is 1. The summed E-state index contributed by atoms with van der Waals surface area (Å²) >= 11 is 12.4. The van der Waals surface area contributed by atoms with Crippen LogP contribution in [0.2, 0.25) is 10.0 Å². The first-order valence-corrected chi connectivity index (χ1v) is 10.5. The molecule has 3 rings (SSSR count). The Kier molecular flexibility index (Phi) is 5.50. The average Bonchev–Trinajstić information content (AvgIpc) is 2.62. The standard InChI is InChI=1S/C18H11Cl2F3N2O3S/c1-29(27,28)25-17(26)10-6-13-15(20)14(19)7-12(16(13)24-8-10)9-2-4-11(5-3-9)18(21,22)23/h2-8H,1H3,(H,25,26). The number of hydrogen-bond acceptors (Lipinski definition) is 4. The third-order valence-corrected chi connectivity index (χ3v) is 5.28. The molecule has 1 aromatic heterocycles. The second kappa shape index (κ2) is 7.47. The maximum absolute atomic E-state index is 12.8. The van der Waals surface area contributed by atoms with E-state index in [2.05, 4.69) is 4.98 Å². The molecule has 2 aromatic carbocycles. The Morgan fingerprint density at radius 2 is 1.72 bits per heavy atom. The average molecular weight is 463 g/mol. The highest BCUT2D eigenvalue weighted by Crippen LogP contribution is 2.38. The molecule has 29 heavy (non-hydrogen) atoms. The minimum Gasteiger partial charge on any atom is -0.268 e. The van der Waals surface area contributed by atoms with E-state index >= 15 is 0 Å². The molecule has 152 valence electrons. The Balaban J connectivity index is 2.15. The van der Waals surface area contributed by atoms with E-state index in [-0.39, 0.29) is 26.5 Å². The summed E-state index contributed by atoms with van der Waals surface area (Å²) in [5.74, 6) is -0.908. The molecule has 0 aliphatic heterocycles. The van der Waals surface area contributed by atoms with Gasteiger partial charge in [0.2, 0.25) is 10.0 Å². The number of alkyl halides is 3. The van der Waals surface area contributed by atoms with Gasteiger partial charge in [0.15, 0.2) is 0 Å². The fourth-order valence-electron chi connectivity index (χ4n) is 2.64. The van der Waals surface area contributed by atoms with Gasteiger partial charge in [-0.3, -0.25) is 9.78 Å². The van der Waals surface area contributed by atoms with Crippen LogP contribution in [0, 0.1) is 0 Å². The highest BCUT2D eigenvalue weighted by atomic mass is 35.5. The number of carbonyl (C=O) groups is 1.